The molecule has 0 aliphatic heterocycles. The summed E-state index contributed by atoms with van der Waals surface area (Å²) in [7, 11) is 0. The standard InChI is InChI=1S/C37H38O2/c38-36-28(24-11-3-1-4-12-24)17-9-19-32(36)31-22-21-30-27-16-8-7-15-26(27)23-34(30)35(31)33-20-10-18-29(37(33)39)25-13-5-2-6-14-25/h7-10,15-22,24-25,38-39H,1-6,11-14,23H2. The van der Waals surface area contributed by atoms with Crippen LogP contribution in [0, 0.1) is 0 Å². The van der Waals surface area contributed by atoms with E-state index in [4.69, 9.17) is 0 Å². The molecule has 198 valence electrons. The Morgan fingerprint density at radius 1 is 0.462 bits per heavy atom. The van der Waals surface area contributed by atoms with Crippen LogP contribution in [0.4, 0.5) is 0 Å². The van der Waals surface area contributed by atoms with Crippen LogP contribution in [0.15, 0.2) is 72.8 Å². The van der Waals surface area contributed by atoms with Gasteiger partial charge in [0.05, 0.1) is 0 Å². The Balaban J connectivity index is 1.44. The normalized spacial score (nSPS) is 17.6. The first-order chi connectivity index (χ1) is 19.2. The summed E-state index contributed by atoms with van der Waals surface area (Å²) in [6.45, 7) is 0. The third-order valence-electron chi connectivity index (χ3n) is 9.77. The van der Waals surface area contributed by atoms with Crippen molar-refractivity contribution in [3.05, 3.63) is 95.1 Å². The van der Waals surface area contributed by atoms with Gasteiger partial charge in [-0.3, -0.25) is 0 Å². The molecule has 2 saturated carbocycles. The van der Waals surface area contributed by atoms with Gasteiger partial charge in [-0.1, -0.05) is 111 Å². The van der Waals surface area contributed by atoms with E-state index < -0.39 is 0 Å². The minimum absolute atomic E-state index is 0.416. The third kappa shape index (κ3) is 4.25. The zero-order valence-electron chi connectivity index (χ0n) is 22.8. The topological polar surface area (TPSA) is 40.5 Å². The van der Waals surface area contributed by atoms with Gasteiger partial charge in [0.2, 0.25) is 0 Å². The number of rotatable bonds is 4. The maximum absolute atomic E-state index is 11.9. The molecule has 3 aliphatic carbocycles. The van der Waals surface area contributed by atoms with E-state index in [-0.39, 0.29) is 0 Å². The molecule has 0 aromatic heterocycles. The Kier molecular flexibility index (Phi) is 6.43. The van der Waals surface area contributed by atoms with Gasteiger partial charge in [0.25, 0.3) is 0 Å². The second-order valence-electron chi connectivity index (χ2n) is 12.0. The van der Waals surface area contributed by atoms with Crippen molar-refractivity contribution in [2.75, 3.05) is 0 Å². The summed E-state index contributed by atoms with van der Waals surface area (Å²) in [5.74, 6) is 1.69. The molecule has 0 bridgehead atoms. The smallest absolute Gasteiger partial charge is 0.126 e. The van der Waals surface area contributed by atoms with E-state index in [1.807, 2.05) is 0 Å². The van der Waals surface area contributed by atoms with Gasteiger partial charge in [-0.15, -0.1) is 0 Å². The van der Waals surface area contributed by atoms with Crippen LogP contribution in [0.1, 0.15) is 98.3 Å². The fraction of sp³-hybridized carbons (Fsp3) is 0.351. The van der Waals surface area contributed by atoms with Crippen LogP contribution in [0.25, 0.3) is 33.4 Å². The van der Waals surface area contributed by atoms with Crippen LogP contribution in [0.2, 0.25) is 0 Å². The fourth-order valence-corrected chi connectivity index (χ4v) is 7.77. The van der Waals surface area contributed by atoms with Crippen LogP contribution < -0.4 is 0 Å². The number of fused-ring (bicyclic) bond motifs is 3. The van der Waals surface area contributed by atoms with Crippen molar-refractivity contribution < 1.29 is 10.2 Å². The van der Waals surface area contributed by atoms with Crippen LogP contribution in [-0.4, -0.2) is 10.2 Å². The van der Waals surface area contributed by atoms with Crippen LogP contribution in [0.5, 0.6) is 11.5 Å². The molecule has 0 spiro atoms. The molecule has 3 aliphatic rings. The lowest BCUT2D eigenvalue weighted by molar-refractivity contribution is 0.415. The molecule has 0 heterocycles. The first-order valence-electron chi connectivity index (χ1n) is 15.1. The van der Waals surface area contributed by atoms with E-state index in [0.29, 0.717) is 23.3 Å². The number of benzene rings is 4. The lowest BCUT2D eigenvalue weighted by atomic mass is 9.80. The molecule has 0 radical (unpaired) electrons. The Hall–Kier alpha value is -3.52. The largest absolute Gasteiger partial charge is 0.507 e. The van der Waals surface area contributed by atoms with Gasteiger partial charge >= 0.3 is 0 Å². The number of aromatic hydroxyl groups is 2. The predicted molar refractivity (Wildman–Crippen MR) is 161 cm³/mol. The van der Waals surface area contributed by atoms with Crippen LogP contribution >= 0.6 is 0 Å². The van der Waals surface area contributed by atoms with Crippen molar-refractivity contribution in [3.63, 3.8) is 0 Å². The zero-order valence-corrected chi connectivity index (χ0v) is 22.8. The molecule has 2 heteroatoms. The summed E-state index contributed by atoms with van der Waals surface area (Å²) in [6.07, 6.45) is 12.9. The highest BCUT2D eigenvalue weighted by Crippen LogP contribution is 2.52. The highest BCUT2D eigenvalue weighted by Gasteiger charge is 2.29. The van der Waals surface area contributed by atoms with E-state index in [1.54, 1.807) is 0 Å². The molecule has 0 amide bonds. The minimum Gasteiger partial charge on any atom is -0.507 e. The quantitative estimate of drug-likeness (QED) is 0.250. The van der Waals surface area contributed by atoms with E-state index in [9.17, 15) is 10.2 Å². The van der Waals surface area contributed by atoms with Crippen molar-refractivity contribution in [3.8, 4) is 44.9 Å². The number of para-hydroxylation sites is 2. The van der Waals surface area contributed by atoms with Crippen molar-refractivity contribution in [2.24, 2.45) is 0 Å². The molecule has 4 aromatic rings. The Bertz CT molecular complexity index is 1520. The van der Waals surface area contributed by atoms with Gasteiger partial charge in [0.1, 0.15) is 11.5 Å². The lowest BCUT2D eigenvalue weighted by Crippen LogP contribution is -2.06. The summed E-state index contributed by atoms with van der Waals surface area (Å²) < 4.78 is 0. The summed E-state index contributed by atoms with van der Waals surface area (Å²) >= 11 is 0. The Labute approximate surface area is 232 Å². The van der Waals surface area contributed by atoms with Gasteiger partial charge in [0, 0.05) is 11.1 Å². The van der Waals surface area contributed by atoms with Crippen molar-refractivity contribution >= 4 is 0 Å². The maximum atomic E-state index is 11.9. The van der Waals surface area contributed by atoms with Gasteiger partial charge in [-0.05, 0) is 88.4 Å². The third-order valence-corrected chi connectivity index (χ3v) is 9.77. The lowest BCUT2D eigenvalue weighted by Gasteiger charge is -2.26. The molecule has 0 saturated heterocycles. The van der Waals surface area contributed by atoms with E-state index in [1.165, 1.54) is 60.8 Å². The number of phenolic OH excluding ortho intramolecular Hbond substituents is 2. The molecule has 2 nitrogen and oxygen atoms in total. The summed E-state index contributed by atoms with van der Waals surface area (Å²) in [4.78, 5) is 0. The van der Waals surface area contributed by atoms with Gasteiger partial charge in [-0.2, -0.15) is 0 Å². The van der Waals surface area contributed by atoms with Gasteiger partial charge in [0.15, 0.2) is 0 Å². The maximum Gasteiger partial charge on any atom is 0.126 e. The van der Waals surface area contributed by atoms with Crippen molar-refractivity contribution in [1.82, 2.24) is 0 Å². The number of hydrogen-bond donors (Lipinski definition) is 2. The molecular formula is C37H38O2. The molecule has 2 N–H and O–H groups in total. The highest BCUT2D eigenvalue weighted by atomic mass is 16.3. The highest BCUT2D eigenvalue weighted by molar-refractivity contribution is 5.96. The van der Waals surface area contributed by atoms with Gasteiger partial charge in [-0.25, -0.2) is 0 Å². The monoisotopic (exact) mass is 514 g/mol. The van der Waals surface area contributed by atoms with Crippen molar-refractivity contribution in [2.45, 2.75) is 82.5 Å². The Morgan fingerprint density at radius 2 is 1.00 bits per heavy atom. The minimum atomic E-state index is 0.416. The first kappa shape index (κ1) is 24.5. The summed E-state index contributed by atoms with van der Waals surface area (Å²) in [5.41, 5.74) is 11.2. The average molecular weight is 515 g/mol. The summed E-state index contributed by atoms with van der Waals surface area (Å²) in [6, 6.07) is 25.7. The van der Waals surface area contributed by atoms with Crippen molar-refractivity contribution in [1.29, 1.82) is 0 Å². The molecule has 0 atom stereocenters. The number of phenols is 2. The molecule has 0 unspecified atom stereocenters. The molecule has 4 aromatic carbocycles. The predicted octanol–water partition coefficient (Wildman–Crippen LogP) is 10.1. The molecule has 2 fully saturated rings. The van der Waals surface area contributed by atoms with Crippen LogP contribution in [0.3, 0.4) is 0 Å². The van der Waals surface area contributed by atoms with E-state index in [2.05, 4.69) is 72.8 Å². The number of hydrogen-bond acceptors (Lipinski definition) is 2. The zero-order chi connectivity index (χ0) is 26.3. The molecule has 7 rings (SSSR count). The van der Waals surface area contributed by atoms with Gasteiger partial charge < -0.3 is 10.2 Å². The Morgan fingerprint density at radius 3 is 1.67 bits per heavy atom. The van der Waals surface area contributed by atoms with Crippen LogP contribution in [-0.2, 0) is 6.42 Å². The molecular weight excluding hydrogens is 476 g/mol. The fourth-order valence-electron chi connectivity index (χ4n) is 7.77. The van der Waals surface area contributed by atoms with E-state index >= 15 is 0 Å². The first-order valence-corrected chi connectivity index (χ1v) is 15.1. The second-order valence-corrected chi connectivity index (χ2v) is 12.0. The van der Waals surface area contributed by atoms with E-state index in [0.717, 1.165) is 65.5 Å². The SMILES string of the molecule is Oc1c(-c2ccc3c(c2-c2cccc(C4CCCCC4)c2O)Cc2ccccc2-3)cccc1C1CCCCC1. The second kappa shape index (κ2) is 10.2. The summed E-state index contributed by atoms with van der Waals surface area (Å²) in [5, 5.41) is 23.6. The molecule has 39 heavy (non-hydrogen) atoms. The average Bonchev–Trinajstić information content (AvgIpc) is 3.37.